The minimum atomic E-state index is -3.28. The van der Waals surface area contributed by atoms with Gasteiger partial charge < -0.3 is 5.11 Å². The molecule has 0 aromatic rings. The molecule has 0 aromatic carbocycles. The van der Waals surface area contributed by atoms with Crippen molar-refractivity contribution in [1.82, 2.24) is 0 Å². The topological polar surface area (TPSA) is 71.4 Å². The molecule has 1 rings (SSSR count). The summed E-state index contributed by atoms with van der Waals surface area (Å²) in [6.07, 6.45) is 0.928. The lowest BCUT2D eigenvalue weighted by molar-refractivity contribution is -0.141. The van der Waals surface area contributed by atoms with E-state index in [4.69, 9.17) is 16.7 Å². The van der Waals surface area contributed by atoms with Gasteiger partial charge in [-0.2, -0.15) is 0 Å². The first kappa shape index (κ1) is 12.5. The highest BCUT2D eigenvalue weighted by Gasteiger charge is 2.42. The predicted octanol–water partition coefficient (Wildman–Crippen LogP) is 1.55. The summed E-state index contributed by atoms with van der Waals surface area (Å²) < 4.78 is 22.9. The first-order valence-electron chi connectivity index (χ1n) is 4.60. The fourth-order valence-corrected chi connectivity index (χ4v) is 3.11. The molecule has 1 saturated carbocycles. The highest BCUT2D eigenvalue weighted by Crippen LogP contribution is 2.37. The number of carbonyl (C=O) groups is 1. The second-order valence-electron chi connectivity index (χ2n) is 3.73. The zero-order chi connectivity index (χ0) is 11.7. The molecule has 86 valence electrons. The van der Waals surface area contributed by atoms with Gasteiger partial charge in [-0.1, -0.05) is 6.58 Å². The van der Waals surface area contributed by atoms with E-state index in [1.165, 1.54) is 0 Å². The van der Waals surface area contributed by atoms with E-state index in [0.717, 1.165) is 5.41 Å². The molecule has 6 heteroatoms. The van der Waals surface area contributed by atoms with Gasteiger partial charge in [-0.15, -0.1) is 11.6 Å². The number of hydrogen-bond acceptors (Lipinski definition) is 3. The summed E-state index contributed by atoms with van der Waals surface area (Å²) in [4.78, 5) is 9.52. The second-order valence-corrected chi connectivity index (χ2v) is 6.63. The molecule has 15 heavy (non-hydrogen) atoms. The van der Waals surface area contributed by atoms with Gasteiger partial charge in [0.2, 0.25) is 0 Å². The Morgan fingerprint density at radius 3 is 2.27 bits per heavy atom. The molecule has 0 heterocycles. The van der Waals surface area contributed by atoms with Gasteiger partial charge in [0.1, 0.15) is 4.87 Å². The summed E-state index contributed by atoms with van der Waals surface area (Å²) in [5, 5.41) is 9.25. The maximum absolute atomic E-state index is 11.4. The molecule has 0 amide bonds. The van der Waals surface area contributed by atoms with Crippen molar-refractivity contribution in [2.24, 2.45) is 0 Å². The van der Waals surface area contributed by atoms with E-state index in [0.29, 0.717) is 0 Å². The Bertz CT molecular complexity index is 366. The van der Waals surface area contributed by atoms with Crippen molar-refractivity contribution >= 4 is 27.4 Å². The molecular formula is C9H13ClO4S. The molecular weight excluding hydrogens is 240 g/mol. The number of carboxylic acid groups (broad SMARTS) is 1. The van der Waals surface area contributed by atoms with Crippen LogP contribution in [-0.4, -0.2) is 29.6 Å². The molecule has 1 fully saturated rings. The Balaban J connectivity index is 2.73. The number of alkyl halides is 1. The van der Waals surface area contributed by atoms with Crippen molar-refractivity contribution in [2.45, 2.75) is 35.8 Å². The fraction of sp³-hybridized carbons (Fsp3) is 0.667. The average molecular weight is 253 g/mol. The highest BCUT2D eigenvalue weighted by molar-refractivity contribution is 7.94. The molecule has 0 bridgehead atoms. The first-order valence-corrected chi connectivity index (χ1v) is 6.59. The first-order chi connectivity index (χ1) is 6.82. The van der Waals surface area contributed by atoms with Crippen molar-refractivity contribution in [3.8, 4) is 0 Å². The van der Waals surface area contributed by atoms with Crippen LogP contribution in [0.3, 0.4) is 0 Å². The third kappa shape index (κ3) is 2.52. The van der Waals surface area contributed by atoms with Crippen LogP contribution < -0.4 is 0 Å². The van der Waals surface area contributed by atoms with Crippen LogP contribution in [0.1, 0.15) is 25.7 Å². The Hall–Kier alpha value is -0.550. The normalized spacial score (nSPS) is 32.2. The highest BCUT2D eigenvalue weighted by atomic mass is 35.5. The van der Waals surface area contributed by atoms with Gasteiger partial charge in [-0.3, -0.25) is 4.79 Å². The van der Waals surface area contributed by atoms with Crippen LogP contribution >= 0.6 is 11.6 Å². The number of rotatable bonds is 3. The third-order valence-electron chi connectivity index (χ3n) is 2.81. The summed E-state index contributed by atoms with van der Waals surface area (Å²) >= 11 is 5.85. The molecule has 0 aromatic heterocycles. The van der Waals surface area contributed by atoms with Gasteiger partial charge in [0.25, 0.3) is 0 Å². The smallest absolute Gasteiger partial charge is 0.324 e. The summed E-state index contributed by atoms with van der Waals surface area (Å²) in [7, 11) is -3.28. The summed E-state index contributed by atoms with van der Waals surface area (Å²) in [5.41, 5.74) is 0. The van der Waals surface area contributed by atoms with Gasteiger partial charge in [0.05, 0.1) is 5.25 Å². The fourth-order valence-electron chi connectivity index (χ4n) is 1.73. The van der Waals surface area contributed by atoms with Gasteiger partial charge in [-0.05, 0) is 25.7 Å². The minimum Gasteiger partial charge on any atom is -0.480 e. The van der Waals surface area contributed by atoms with E-state index >= 15 is 0 Å². The standard InChI is InChI=1S/C9H13ClO4S/c1-2-15(13,14)7-3-5-9(10,6-4-7)8(11)12/h2,7H,1,3-6H2,(H,11,12). The van der Waals surface area contributed by atoms with Crippen molar-refractivity contribution in [1.29, 1.82) is 0 Å². The van der Waals surface area contributed by atoms with Crippen LogP contribution in [0.2, 0.25) is 0 Å². The molecule has 1 N–H and O–H groups in total. The predicted molar refractivity (Wildman–Crippen MR) is 57.6 cm³/mol. The lowest BCUT2D eigenvalue weighted by Crippen LogP contribution is -2.39. The van der Waals surface area contributed by atoms with E-state index in [1.54, 1.807) is 0 Å². The molecule has 0 saturated heterocycles. The van der Waals surface area contributed by atoms with Crippen LogP contribution in [0.4, 0.5) is 0 Å². The number of aliphatic carboxylic acids is 1. The maximum Gasteiger partial charge on any atom is 0.324 e. The van der Waals surface area contributed by atoms with Crippen molar-refractivity contribution < 1.29 is 18.3 Å². The summed E-state index contributed by atoms with van der Waals surface area (Å²) in [5.74, 6) is -1.07. The van der Waals surface area contributed by atoms with E-state index in [9.17, 15) is 13.2 Å². The summed E-state index contributed by atoms with van der Waals surface area (Å²) in [6.45, 7) is 3.24. The molecule has 1 aliphatic carbocycles. The van der Waals surface area contributed by atoms with Crippen LogP contribution in [0.15, 0.2) is 12.0 Å². The van der Waals surface area contributed by atoms with Crippen LogP contribution in [0.25, 0.3) is 0 Å². The van der Waals surface area contributed by atoms with E-state index in [-0.39, 0.29) is 25.7 Å². The number of carboxylic acids is 1. The van der Waals surface area contributed by atoms with E-state index in [2.05, 4.69) is 6.58 Å². The zero-order valence-electron chi connectivity index (χ0n) is 8.15. The quantitative estimate of drug-likeness (QED) is 0.774. The summed E-state index contributed by atoms with van der Waals surface area (Å²) in [6, 6.07) is 0. The number of halogens is 1. The lowest BCUT2D eigenvalue weighted by atomic mass is 9.88. The Labute approximate surface area is 93.8 Å². The monoisotopic (exact) mass is 252 g/mol. The van der Waals surface area contributed by atoms with Gasteiger partial charge in [0, 0.05) is 5.41 Å². The van der Waals surface area contributed by atoms with Crippen LogP contribution in [0.5, 0.6) is 0 Å². The minimum absolute atomic E-state index is 0.182. The van der Waals surface area contributed by atoms with Gasteiger partial charge in [0.15, 0.2) is 9.84 Å². The Morgan fingerprint density at radius 2 is 1.93 bits per heavy atom. The average Bonchev–Trinajstić information content (AvgIpc) is 2.18. The third-order valence-corrected chi connectivity index (χ3v) is 5.21. The molecule has 1 aliphatic rings. The molecule has 0 atom stereocenters. The van der Waals surface area contributed by atoms with E-state index in [1.807, 2.05) is 0 Å². The largest absolute Gasteiger partial charge is 0.480 e. The van der Waals surface area contributed by atoms with Crippen LogP contribution in [0, 0.1) is 0 Å². The Kier molecular flexibility index (Phi) is 3.45. The van der Waals surface area contributed by atoms with Gasteiger partial charge >= 0.3 is 5.97 Å². The molecule has 0 aliphatic heterocycles. The molecule has 0 unspecified atom stereocenters. The SMILES string of the molecule is C=CS(=O)(=O)C1CCC(Cl)(C(=O)O)CC1. The molecule has 0 radical (unpaired) electrons. The molecule has 0 spiro atoms. The van der Waals surface area contributed by atoms with Crippen LogP contribution in [-0.2, 0) is 14.6 Å². The van der Waals surface area contributed by atoms with E-state index < -0.39 is 25.9 Å². The van der Waals surface area contributed by atoms with Crippen molar-refractivity contribution in [2.75, 3.05) is 0 Å². The zero-order valence-corrected chi connectivity index (χ0v) is 9.72. The van der Waals surface area contributed by atoms with Gasteiger partial charge in [-0.25, -0.2) is 8.42 Å². The molecule has 4 nitrogen and oxygen atoms in total. The Morgan fingerprint density at radius 1 is 1.47 bits per heavy atom. The second kappa shape index (κ2) is 4.14. The van der Waals surface area contributed by atoms with Crippen molar-refractivity contribution in [3.63, 3.8) is 0 Å². The number of sulfone groups is 1. The number of hydrogen-bond donors (Lipinski definition) is 1. The maximum atomic E-state index is 11.4. The van der Waals surface area contributed by atoms with Crippen molar-refractivity contribution in [3.05, 3.63) is 12.0 Å². The lowest BCUT2D eigenvalue weighted by Gasteiger charge is -2.30.